The number of hydrogen-bond acceptors (Lipinski definition) is 4. The Labute approximate surface area is 169 Å². The predicted octanol–water partition coefficient (Wildman–Crippen LogP) is 3.73. The van der Waals surface area contributed by atoms with Crippen molar-refractivity contribution in [3.63, 3.8) is 0 Å². The van der Waals surface area contributed by atoms with Crippen LogP contribution in [0.2, 0.25) is 5.02 Å². The Morgan fingerprint density at radius 1 is 1.00 bits per heavy atom. The fourth-order valence-electron chi connectivity index (χ4n) is 3.47. The van der Waals surface area contributed by atoms with Crippen LogP contribution in [0.25, 0.3) is 10.9 Å². The maximum atomic E-state index is 13.0. The monoisotopic (exact) mass is 395 g/mol. The van der Waals surface area contributed by atoms with E-state index in [1.807, 2.05) is 59.5 Å². The molecule has 144 valence electrons. The van der Waals surface area contributed by atoms with Crippen LogP contribution in [0.3, 0.4) is 0 Å². The number of amides is 1. The number of para-hydroxylation sites is 2. The number of fused-ring (bicyclic) bond motifs is 1. The van der Waals surface area contributed by atoms with Gasteiger partial charge >= 0.3 is 0 Å². The highest BCUT2D eigenvalue weighted by atomic mass is 35.5. The van der Waals surface area contributed by atoms with Crippen LogP contribution in [-0.2, 0) is 0 Å². The maximum absolute atomic E-state index is 13.0. The van der Waals surface area contributed by atoms with Crippen molar-refractivity contribution in [3.05, 3.63) is 71.4 Å². The van der Waals surface area contributed by atoms with Crippen LogP contribution in [0.1, 0.15) is 10.4 Å². The summed E-state index contributed by atoms with van der Waals surface area (Å²) in [5.74, 6) is 0.762. The van der Waals surface area contributed by atoms with Gasteiger partial charge in [0.15, 0.2) is 0 Å². The molecule has 6 heteroatoms. The van der Waals surface area contributed by atoms with Crippen molar-refractivity contribution in [1.29, 1.82) is 0 Å². The predicted molar refractivity (Wildman–Crippen MR) is 111 cm³/mol. The maximum Gasteiger partial charge on any atom is 0.256 e. The number of hydrogen-bond donors (Lipinski definition) is 0. The van der Waals surface area contributed by atoms with Gasteiger partial charge in [-0.25, -0.2) is 0 Å². The molecule has 1 aromatic heterocycles. The summed E-state index contributed by atoms with van der Waals surface area (Å²) < 4.78 is 5.77. The van der Waals surface area contributed by atoms with E-state index in [9.17, 15) is 4.79 Å². The van der Waals surface area contributed by atoms with Gasteiger partial charge in [-0.15, -0.1) is 0 Å². The van der Waals surface area contributed by atoms with Gasteiger partial charge in [0.25, 0.3) is 5.91 Å². The molecule has 0 radical (unpaired) electrons. The van der Waals surface area contributed by atoms with E-state index < -0.39 is 0 Å². The topological polar surface area (TPSA) is 45.7 Å². The molecule has 2 aromatic carbocycles. The Hall–Kier alpha value is -2.63. The molecular formula is C22H22ClN3O2. The summed E-state index contributed by atoms with van der Waals surface area (Å²) in [6, 6.07) is 17.1. The summed E-state index contributed by atoms with van der Waals surface area (Å²) in [5, 5.41) is 1.62. The molecule has 3 aromatic rings. The van der Waals surface area contributed by atoms with Crippen LogP contribution >= 0.6 is 11.6 Å². The highest BCUT2D eigenvalue weighted by Gasteiger charge is 2.23. The summed E-state index contributed by atoms with van der Waals surface area (Å²) in [4.78, 5) is 21.6. The number of pyridine rings is 1. The van der Waals surface area contributed by atoms with E-state index in [0.717, 1.165) is 30.5 Å². The smallest absolute Gasteiger partial charge is 0.256 e. The molecule has 1 saturated heterocycles. The lowest BCUT2D eigenvalue weighted by molar-refractivity contribution is 0.0622. The first-order chi connectivity index (χ1) is 13.7. The zero-order chi connectivity index (χ0) is 19.3. The van der Waals surface area contributed by atoms with E-state index in [1.165, 1.54) is 0 Å². The van der Waals surface area contributed by atoms with Gasteiger partial charge in [-0.05, 0) is 24.3 Å². The Kier molecular flexibility index (Phi) is 5.74. The lowest BCUT2D eigenvalue weighted by Crippen LogP contribution is -2.49. The second-order valence-electron chi connectivity index (χ2n) is 6.79. The molecule has 0 spiro atoms. The first-order valence-electron chi connectivity index (χ1n) is 9.45. The molecule has 1 aliphatic rings. The molecule has 0 N–H and O–H groups in total. The van der Waals surface area contributed by atoms with Gasteiger partial charge in [0.05, 0.1) is 16.1 Å². The standard InChI is InChI=1S/C22H22ClN3O2/c23-19-8-1-2-9-20(19)28-16-15-25-11-13-26(14-12-25)22(27)18-7-3-5-17-6-4-10-24-21(17)18/h1-10H,11-16H2. The molecule has 4 rings (SSSR count). The van der Waals surface area contributed by atoms with E-state index in [0.29, 0.717) is 36.0 Å². The van der Waals surface area contributed by atoms with E-state index in [-0.39, 0.29) is 5.91 Å². The third kappa shape index (κ3) is 4.11. The molecule has 0 bridgehead atoms. The van der Waals surface area contributed by atoms with Gasteiger partial charge < -0.3 is 9.64 Å². The summed E-state index contributed by atoms with van der Waals surface area (Å²) in [5.41, 5.74) is 1.44. The van der Waals surface area contributed by atoms with Crippen molar-refractivity contribution in [2.75, 3.05) is 39.3 Å². The number of ether oxygens (including phenoxy) is 1. The highest BCUT2D eigenvalue weighted by Crippen LogP contribution is 2.23. The third-order valence-electron chi connectivity index (χ3n) is 5.02. The number of benzene rings is 2. The number of halogens is 1. The van der Waals surface area contributed by atoms with Gasteiger partial charge in [-0.1, -0.05) is 41.9 Å². The molecule has 0 atom stereocenters. The average Bonchev–Trinajstić information content (AvgIpc) is 2.75. The van der Waals surface area contributed by atoms with Crippen LogP contribution in [0, 0.1) is 0 Å². The van der Waals surface area contributed by atoms with E-state index >= 15 is 0 Å². The molecule has 1 fully saturated rings. The summed E-state index contributed by atoms with van der Waals surface area (Å²) in [6.07, 6.45) is 1.73. The number of carbonyl (C=O) groups excluding carboxylic acids is 1. The molecule has 1 amide bonds. The van der Waals surface area contributed by atoms with Crippen molar-refractivity contribution >= 4 is 28.4 Å². The third-order valence-corrected chi connectivity index (χ3v) is 5.34. The van der Waals surface area contributed by atoms with Crippen LogP contribution in [0.4, 0.5) is 0 Å². The number of carbonyl (C=O) groups is 1. The SMILES string of the molecule is O=C(c1cccc2cccnc12)N1CCN(CCOc2ccccc2Cl)CC1. The molecule has 28 heavy (non-hydrogen) atoms. The largest absolute Gasteiger partial charge is 0.491 e. The number of aromatic nitrogens is 1. The molecule has 5 nitrogen and oxygen atoms in total. The van der Waals surface area contributed by atoms with Crippen LogP contribution < -0.4 is 4.74 Å². The second-order valence-corrected chi connectivity index (χ2v) is 7.20. The number of piperazine rings is 1. The van der Waals surface area contributed by atoms with E-state index in [1.54, 1.807) is 6.20 Å². The summed E-state index contributed by atoms with van der Waals surface area (Å²) in [6.45, 7) is 4.45. The molecule has 2 heterocycles. The van der Waals surface area contributed by atoms with Crippen LogP contribution in [0.5, 0.6) is 5.75 Å². The minimum atomic E-state index is 0.0521. The first kappa shape index (κ1) is 18.7. The zero-order valence-corrected chi connectivity index (χ0v) is 16.3. The Morgan fingerprint density at radius 2 is 1.79 bits per heavy atom. The fraction of sp³-hybridized carbons (Fsp3) is 0.273. The highest BCUT2D eigenvalue weighted by molar-refractivity contribution is 6.32. The van der Waals surface area contributed by atoms with Crippen molar-refractivity contribution in [1.82, 2.24) is 14.8 Å². The number of rotatable bonds is 5. The Morgan fingerprint density at radius 3 is 2.61 bits per heavy atom. The first-order valence-corrected chi connectivity index (χ1v) is 9.83. The van der Waals surface area contributed by atoms with Crippen LogP contribution in [0.15, 0.2) is 60.8 Å². The van der Waals surface area contributed by atoms with Gasteiger partial charge in [0.1, 0.15) is 12.4 Å². The molecular weight excluding hydrogens is 374 g/mol. The minimum Gasteiger partial charge on any atom is -0.491 e. The molecule has 0 aliphatic carbocycles. The Bertz CT molecular complexity index is 965. The van der Waals surface area contributed by atoms with Crippen molar-refractivity contribution < 1.29 is 9.53 Å². The summed E-state index contributed by atoms with van der Waals surface area (Å²) in [7, 11) is 0. The Balaban J connectivity index is 1.31. The lowest BCUT2D eigenvalue weighted by atomic mass is 10.1. The average molecular weight is 396 g/mol. The van der Waals surface area contributed by atoms with Gasteiger partial charge in [0.2, 0.25) is 0 Å². The molecule has 0 saturated carbocycles. The zero-order valence-electron chi connectivity index (χ0n) is 15.6. The van der Waals surface area contributed by atoms with Crippen molar-refractivity contribution in [2.24, 2.45) is 0 Å². The van der Waals surface area contributed by atoms with Gasteiger partial charge in [-0.3, -0.25) is 14.7 Å². The summed E-state index contributed by atoms with van der Waals surface area (Å²) >= 11 is 6.11. The quantitative estimate of drug-likeness (QED) is 0.660. The number of nitrogens with zero attached hydrogens (tertiary/aromatic N) is 3. The van der Waals surface area contributed by atoms with E-state index in [2.05, 4.69) is 9.88 Å². The normalized spacial score (nSPS) is 15.0. The van der Waals surface area contributed by atoms with Gasteiger partial charge in [0, 0.05) is 44.3 Å². The van der Waals surface area contributed by atoms with Crippen LogP contribution in [-0.4, -0.2) is 60.0 Å². The molecule has 1 aliphatic heterocycles. The fourth-order valence-corrected chi connectivity index (χ4v) is 3.66. The second kappa shape index (κ2) is 8.59. The van der Waals surface area contributed by atoms with Gasteiger partial charge in [-0.2, -0.15) is 0 Å². The van der Waals surface area contributed by atoms with Crippen molar-refractivity contribution in [2.45, 2.75) is 0 Å². The van der Waals surface area contributed by atoms with Crippen molar-refractivity contribution in [3.8, 4) is 5.75 Å². The minimum absolute atomic E-state index is 0.0521. The molecule has 0 unspecified atom stereocenters. The lowest BCUT2D eigenvalue weighted by Gasteiger charge is -2.34. The van der Waals surface area contributed by atoms with E-state index in [4.69, 9.17) is 16.3 Å².